The number of hydrogen-bond acceptors (Lipinski definition) is 4. The number of carboxylic acids is 1. The van der Waals surface area contributed by atoms with Gasteiger partial charge in [0.1, 0.15) is 6.54 Å². The summed E-state index contributed by atoms with van der Waals surface area (Å²) in [6.07, 6.45) is 2.25. The van der Waals surface area contributed by atoms with Crippen LogP contribution in [0.5, 0.6) is 0 Å². The van der Waals surface area contributed by atoms with Crippen molar-refractivity contribution in [3.05, 3.63) is 40.3 Å². The Bertz CT molecular complexity index is 592. The van der Waals surface area contributed by atoms with E-state index in [0.29, 0.717) is 0 Å². The van der Waals surface area contributed by atoms with Gasteiger partial charge in [-0.2, -0.15) is 16.4 Å². The quantitative estimate of drug-likeness (QED) is 0.843. The van der Waals surface area contributed by atoms with E-state index < -0.39 is 5.97 Å². The molecule has 2 rings (SSSR count). The maximum atomic E-state index is 11.8. The molecule has 0 fully saturated rings. The number of nitrogens with zero attached hydrogens (tertiary/aromatic N) is 2. The van der Waals surface area contributed by atoms with Gasteiger partial charge in [-0.1, -0.05) is 0 Å². The fourth-order valence-corrected chi connectivity index (χ4v) is 2.53. The Hall–Kier alpha value is -2.15. The Morgan fingerprint density at radius 2 is 2.30 bits per heavy atom. The summed E-state index contributed by atoms with van der Waals surface area (Å²) in [5, 5.41) is 19.5. The van der Waals surface area contributed by atoms with E-state index >= 15 is 0 Å². The standard InChI is InChI=1S/C13H15N3O3S/c1-9(6-10-3-5-20-8-10)14-12(17)7-16-4-2-11(15-16)13(18)19/h2-5,8-9H,6-7H2,1H3,(H,14,17)(H,18,19). The second-order valence-corrected chi connectivity index (χ2v) is 5.29. The van der Waals surface area contributed by atoms with E-state index in [1.54, 1.807) is 11.3 Å². The van der Waals surface area contributed by atoms with Crippen LogP contribution in [0.1, 0.15) is 23.0 Å². The highest BCUT2D eigenvalue weighted by atomic mass is 32.1. The maximum absolute atomic E-state index is 11.8. The zero-order chi connectivity index (χ0) is 14.5. The molecule has 0 aliphatic carbocycles. The van der Waals surface area contributed by atoms with Gasteiger partial charge in [-0.25, -0.2) is 4.79 Å². The first-order chi connectivity index (χ1) is 9.54. The minimum Gasteiger partial charge on any atom is -0.476 e. The molecule has 7 heteroatoms. The number of rotatable bonds is 6. The number of aromatic carboxylic acids is 1. The fourth-order valence-electron chi connectivity index (χ4n) is 1.84. The van der Waals surface area contributed by atoms with Crippen molar-refractivity contribution in [2.75, 3.05) is 0 Å². The van der Waals surface area contributed by atoms with E-state index in [4.69, 9.17) is 5.11 Å². The van der Waals surface area contributed by atoms with Gasteiger partial charge in [0.15, 0.2) is 5.69 Å². The lowest BCUT2D eigenvalue weighted by Crippen LogP contribution is -2.36. The summed E-state index contributed by atoms with van der Waals surface area (Å²) < 4.78 is 1.32. The number of hydrogen-bond donors (Lipinski definition) is 2. The van der Waals surface area contributed by atoms with Crippen LogP contribution in [0.15, 0.2) is 29.1 Å². The molecular weight excluding hydrogens is 278 g/mol. The van der Waals surface area contributed by atoms with E-state index in [1.165, 1.54) is 22.5 Å². The lowest BCUT2D eigenvalue weighted by molar-refractivity contribution is -0.122. The van der Waals surface area contributed by atoms with Crippen LogP contribution in [0.2, 0.25) is 0 Å². The summed E-state index contributed by atoms with van der Waals surface area (Å²) in [6.45, 7) is 1.95. The molecule has 0 saturated heterocycles. The fraction of sp³-hybridized carbons (Fsp3) is 0.308. The average Bonchev–Trinajstić information content (AvgIpc) is 2.99. The number of nitrogens with one attached hydrogen (secondary N) is 1. The van der Waals surface area contributed by atoms with Crippen molar-refractivity contribution in [3.8, 4) is 0 Å². The molecule has 2 heterocycles. The van der Waals surface area contributed by atoms with Crippen molar-refractivity contribution in [2.45, 2.75) is 25.9 Å². The molecule has 20 heavy (non-hydrogen) atoms. The second kappa shape index (κ2) is 6.33. The van der Waals surface area contributed by atoms with Gasteiger partial charge in [0.05, 0.1) is 0 Å². The monoisotopic (exact) mass is 293 g/mol. The van der Waals surface area contributed by atoms with Crippen molar-refractivity contribution >= 4 is 23.2 Å². The van der Waals surface area contributed by atoms with Crippen LogP contribution in [-0.2, 0) is 17.8 Å². The molecule has 106 valence electrons. The topological polar surface area (TPSA) is 84.2 Å². The van der Waals surface area contributed by atoms with E-state index in [0.717, 1.165) is 6.42 Å². The summed E-state index contributed by atoms with van der Waals surface area (Å²) >= 11 is 1.63. The SMILES string of the molecule is CC(Cc1ccsc1)NC(=O)Cn1ccc(C(=O)O)n1. The lowest BCUT2D eigenvalue weighted by Gasteiger charge is -2.13. The third-order valence-electron chi connectivity index (χ3n) is 2.69. The molecule has 0 aliphatic heterocycles. The molecule has 1 unspecified atom stereocenters. The summed E-state index contributed by atoms with van der Waals surface area (Å²) in [5.74, 6) is -1.29. The Kier molecular flexibility index (Phi) is 4.52. The average molecular weight is 293 g/mol. The number of amides is 1. The smallest absolute Gasteiger partial charge is 0.356 e. The highest BCUT2D eigenvalue weighted by molar-refractivity contribution is 7.07. The van der Waals surface area contributed by atoms with Gasteiger partial charge in [-0.15, -0.1) is 0 Å². The number of carbonyl (C=O) groups excluding carboxylic acids is 1. The van der Waals surface area contributed by atoms with Crippen LogP contribution in [0, 0.1) is 0 Å². The van der Waals surface area contributed by atoms with Crippen LogP contribution in [0.3, 0.4) is 0 Å². The molecule has 0 saturated carbocycles. The van der Waals surface area contributed by atoms with Crippen LogP contribution in [0.25, 0.3) is 0 Å². The number of aromatic nitrogens is 2. The van der Waals surface area contributed by atoms with E-state index in [1.807, 2.05) is 18.4 Å². The van der Waals surface area contributed by atoms with Crippen LogP contribution in [-0.4, -0.2) is 32.8 Å². The van der Waals surface area contributed by atoms with Crippen LogP contribution < -0.4 is 5.32 Å². The van der Waals surface area contributed by atoms with E-state index in [9.17, 15) is 9.59 Å². The first kappa shape index (κ1) is 14.3. The zero-order valence-electron chi connectivity index (χ0n) is 10.9. The van der Waals surface area contributed by atoms with Gasteiger partial charge >= 0.3 is 5.97 Å². The molecule has 0 radical (unpaired) electrons. The van der Waals surface area contributed by atoms with Crippen LogP contribution >= 0.6 is 11.3 Å². The molecule has 2 N–H and O–H groups in total. The van der Waals surface area contributed by atoms with Gasteiger partial charge in [-0.05, 0) is 41.8 Å². The molecule has 0 bridgehead atoms. The highest BCUT2D eigenvalue weighted by Gasteiger charge is 2.11. The molecule has 1 atom stereocenters. The summed E-state index contributed by atoms with van der Waals surface area (Å²) in [6, 6.07) is 3.41. The van der Waals surface area contributed by atoms with E-state index in [2.05, 4.69) is 15.8 Å². The number of carboxylic acid groups (broad SMARTS) is 1. The largest absolute Gasteiger partial charge is 0.476 e. The maximum Gasteiger partial charge on any atom is 0.356 e. The summed E-state index contributed by atoms with van der Waals surface area (Å²) in [5.41, 5.74) is 1.12. The molecule has 2 aromatic rings. The van der Waals surface area contributed by atoms with Crippen molar-refractivity contribution in [2.24, 2.45) is 0 Å². The third-order valence-corrected chi connectivity index (χ3v) is 3.43. The molecule has 2 aromatic heterocycles. The van der Waals surface area contributed by atoms with Gasteiger partial charge in [0.25, 0.3) is 0 Å². The minimum atomic E-state index is -1.10. The van der Waals surface area contributed by atoms with Gasteiger partial charge < -0.3 is 10.4 Å². The number of thiophene rings is 1. The van der Waals surface area contributed by atoms with Crippen molar-refractivity contribution in [1.29, 1.82) is 0 Å². The first-order valence-corrected chi connectivity index (χ1v) is 7.06. The number of carbonyl (C=O) groups is 2. The van der Waals surface area contributed by atoms with Crippen LogP contribution in [0.4, 0.5) is 0 Å². The molecule has 0 spiro atoms. The second-order valence-electron chi connectivity index (χ2n) is 4.51. The normalized spacial score (nSPS) is 12.1. The molecular formula is C13H15N3O3S. The van der Waals surface area contributed by atoms with Crippen molar-refractivity contribution in [3.63, 3.8) is 0 Å². The Labute approximate surface area is 120 Å². The summed E-state index contributed by atoms with van der Waals surface area (Å²) in [7, 11) is 0. The third kappa shape index (κ3) is 3.92. The lowest BCUT2D eigenvalue weighted by atomic mass is 10.1. The van der Waals surface area contributed by atoms with Gasteiger partial charge in [0, 0.05) is 12.2 Å². The van der Waals surface area contributed by atoms with Gasteiger partial charge in [0.2, 0.25) is 5.91 Å². The summed E-state index contributed by atoms with van der Waals surface area (Å²) in [4.78, 5) is 22.5. The Morgan fingerprint density at radius 1 is 1.50 bits per heavy atom. The Balaban J connectivity index is 1.83. The van der Waals surface area contributed by atoms with Crippen molar-refractivity contribution < 1.29 is 14.7 Å². The predicted molar refractivity (Wildman–Crippen MR) is 74.8 cm³/mol. The molecule has 6 nitrogen and oxygen atoms in total. The first-order valence-electron chi connectivity index (χ1n) is 6.12. The molecule has 1 amide bonds. The van der Waals surface area contributed by atoms with E-state index in [-0.39, 0.29) is 24.2 Å². The Morgan fingerprint density at radius 3 is 2.90 bits per heavy atom. The van der Waals surface area contributed by atoms with Crippen molar-refractivity contribution in [1.82, 2.24) is 15.1 Å². The predicted octanol–water partition coefficient (Wildman–Crippen LogP) is 1.39. The molecule has 0 aliphatic rings. The zero-order valence-corrected chi connectivity index (χ0v) is 11.8. The highest BCUT2D eigenvalue weighted by Crippen LogP contribution is 2.08. The van der Waals surface area contributed by atoms with Gasteiger partial charge in [-0.3, -0.25) is 9.48 Å². The minimum absolute atomic E-state index is 0.0151. The molecule has 0 aromatic carbocycles.